The number of rotatable bonds is 5. The van der Waals surface area contributed by atoms with Gasteiger partial charge < -0.3 is 23.2 Å². The Kier molecular flexibility index (Phi) is 8.45. The number of aromatic nitrogens is 4. The van der Waals surface area contributed by atoms with Gasteiger partial charge in [-0.15, -0.1) is 0 Å². The monoisotopic (exact) mass is 945 g/mol. The fourth-order valence-electron chi connectivity index (χ4n) is 13.2. The van der Waals surface area contributed by atoms with Crippen molar-refractivity contribution in [3.05, 3.63) is 260 Å². The molecule has 5 heteroatoms. The third-order valence-electron chi connectivity index (χ3n) is 16.3. The van der Waals surface area contributed by atoms with E-state index in [0.717, 1.165) is 28.4 Å². The molecule has 348 valence electrons. The molecule has 5 heterocycles. The van der Waals surface area contributed by atoms with Crippen molar-refractivity contribution in [3.63, 3.8) is 0 Å². The van der Waals surface area contributed by atoms with E-state index in [9.17, 15) is 0 Å². The molecule has 0 aliphatic carbocycles. The van der Waals surface area contributed by atoms with Crippen LogP contribution in [-0.2, 0) is 5.41 Å². The van der Waals surface area contributed by atoms with Crippen LogP contribution in [0.4, 0.5) is 17.1 Å². The predicted molar refractivity (Wildman–Crippen MR) is 311 cm³/mol. The average molecular weight is 946 g/mol. The van der Waals surface area contributed by atoms with E-state index in [4.69, 9.17) is 0 Å². The second kappa shape index (κ2) is 15.2. The quantitative estimate of drug-likeness (QED) is 0.169. The zero-order valence-electron chi connectivity index (χ0n) is 40.9. The van der Waals surface area contributed by atoms with Crippen LogP contribution in [-0.4, -0.2) is 18.3 Å². The number of benzene rings is 11. The van der Waals surface area contributed by atoms with Gasteiger partial charge in [0.15, 0.2) is 0 Å². The molecule has 0 amide bonds. The second-order valence-corrected chi connectivity index (χ2v) is 20.5. The first-order valence-corrected chi connectivity index (χ1v) is 25.7. The lowest BCUT2D eigenvalue weighted by molar-refractivity contribution is 0.639. The minimum atomic E-state index is -0.414. The molecule has 0 saturated heterocycles. The van der Waals surface area contributed by atoms with Crippen LogP contribution >= 0.6 is 0 Å². The Bertz CT molecular complexity index is 4720. The zero-order valence-corrected chi connectivity index (χ0v) is 40.9. The molecule has 1 aliphatic heterocycles. The fraction of sp³-hybridized carbons (Fsp3) is 0.0435. The summed E-state index contributed by atoms with van der Waals surface area (Å²) in [5.41, 5.74) is 19.8. The van der Waals surface area contributed by atoms with Gasteiger partial charge in [0, 0.05) is 76.9 Å². The van der Waals surface area contributed by atoms with Crippen LogP contribution in [0.2, 0.25) is 0 Å². The van der Waals surface area contributed by atoms with Crippen molar-refractivity contribution in [2.45, 2.75) is 19.3 Å². The van der Waals surface area contributed by atoms with Crippen LogP contribution in [0.15, 0.2) is 249 Å². The maximum absolute atomic E-state index is 2.57. The highest BCUT2D eigenvalue weighted by Gasteiger charge is 2.41. The molecule has 11 aromatic carbocycles. The average Bonchev–Trinajstić information content (AvgIpc) is 4.20. The Balaban J connectivity index is 0.933. The van der Waals surface area contributed by atoms with Crippen molar-refractivity contribution in [3.8, 4) is 22.7 Å². The number of fused-ring (bicyclic) bond motifs is 16. The van der Waals surface area contributed by atoms with Gasteiger partial charge in [-0.1, -0.05) is 159 Å². The van der Waals surface area contributed by atoms with Crippen molar-refractivity contribution in [1.82, 2.24) is 18.3 Å². The van der Waals surface area contributed by atoms with Crippen LogP contribution in [0, 0.1) is 0 Å². The van der Waals surface area contributed by atoms with Gasteiger partial charge in [0.1, 0.15) is 0 Å². The van der Waals surface area contributed by atoms with Gasteiger partial charge in [0.05, 0.1) is 55.5 Å². The van der Waals surface area contributed by atoms with Crippen molar-refractivity contribution >= 4 is 104 Å². The van der Waals surface area contributed by atoms with E-state index in [-0.39, 0.29) is 0 Å². The van der Waals surface area contributed by atoms with Crippen molar-refractivity contribution < 1.29 is 0 Å². The summed E-state index contributed by atoms with van der Waals surface area (Å²) in [5, 5.41) is 10.0. The Morgan fingerprint density at radius 1 is 0.270 bits per heavy atom. The van der Waals surface area contributed by atoms with Gasteiger partial charge in [0.25, 0.3) is 0 Å². The molecule has 1 aliphatic rings. The number of para-hydroxylation sites is 7. The molecule has 74 heavy (non-hydrogen) atoms. The van der Waals surface area contributed by atoms with Crippen molar-refractivity contribution in [2.24, 2.45) is 0 Å². The summed E-state index contributed by atoms with van der Waals surface area (Å²) in [6.45, 7) is 4.89. The number of hydrogen-bond donors (Lipinski definition) is 0. The van der Waals surface area contributed by atoms with E-state index in [1.165, 1.54) is 110 Å². The van der Waals surface area contributed by atoms with Gasteiger partial charge in [-0.3, -0.25) is 0 Å². The smallest absolute Gasteiger partial charge is 0.0602 e. The summed E-state index contributed by atoms with van der Waals surface area (Å²) >= 11 is 0. The summed E-state index contributed by atoms with van der Waals surface area (Å²) in [6, 6.07) is 91.8. The predicted octanol–water partition coefficient (Wildman–Crippen LogP) is 18.2. The van der Waals surface area contributed by atoms with Crippen LogP contribution in [0.1, 0.15) is 25.0 Å². The van der Waals surface area contributed by atoms with Gasteiger partial charge in [-0.05, 0) is 114 Å². The van der Waals surface area contributed by atoms with Crippen LogP contribution < -0.4 is 4.90 Å². The van der Waals surface area contributed by atoms with Gasteiger partial charge in [-0.25, -0.2) is 0 Å². The first kappa shape index (κ1) is 41.1. The molecular formula is C69H47N5. The highest BCUT2D eigenvalue weighted by atomic mass is 15.2. The number of nitrogens with zero attached hydrogens (tertiary/aromatic N) is 5. The molecule has 0 bridgehead atoms. The maximum atomic E-state index is 2.57. The minimum absolute atomic E-state index is 0.414. The molecule has 5 nitrogen and oxygen atoms in total. The van der Waals surface area contributed by atoms with Crippen LogP contribution in [0.5, 0.6) is 0 Å². The molecule has 4 aromatic heterocycles. The van der Waals surface area contributed by atoms with E-state index in [2.05, 4.69) is 286 Å². The Labute approximate surface area is 427 Å². The number of hydrogen-bond acceptors (Lipinski definition) is 1. The van der Waals surface area contributed by atoms with Gasteiger partial charge in [0.2, 0.25) is 0 Å². The van der Waals surface area contributed by atoms with Crippen molar-refractivity contribution in [1.29, 1.82) is 0 Å². The third kappa shape index (κ3) is 5.53. The SMILES string of the molecule is CC1(C)c2ccc3c(c2N(c2ccccc2)c2ccc4c(c21)c1ccccc1n4-c1cccc(-n2c4ccccc4c4ccccc42)c1)c1ccccc1n3-c1cccc(-n2c3ccccc3c3ccccc32)c1. The zero-order chi connectivity index (χ0) is 48.8. The lowest BCUT2D eigenvalue weighted by atomic mass is 9.71. The van der Waals surface area contributed by atoms with E-state index >= 15 is 0 Å². The lowest BCUT2D eigenvalue weighted by Gasteiger charge is -2.43. The molecular weight excluding hydrogens is 899 g/mol. The summed E-state index contributed by atoms with van der Waals surface area (Å²) in [7, 11) is 0. The van der Waals surface area contributed by atoms with E-state index < -0.39 is 5.41 Å². The fourth-order valence-corrected chi connectivity index (χ4v) is 13.2. The molecule has 0 unspecified atom stereocenters. The van der Waals surface area contributed by atoms with E-state index in [0.29, 0.717) is 0 Å². The minimum Gasteiger partial charge on any atom is -0.309 e. The first-order chi connectivity index (χ1) is 36.5. The molecule has 0 radical (unpaired) electrons. The Morgan fingerprint density at radius 3 is 1.07 bits per heavy atom. The van der Waals surface area contributed by atoms with Crippen LogP contribution in [0.25, 0.3) is 110 Å². The third-order valence-corrected chi connectivity index (χ3v) is 16.3. The van der Waals surface area contributed by atoms with Crippen LogP contribution in [0.3, 0.4) is 0 Å². The molecule has 0 spiro atoms. The molecule has 0 N–H and O–H groups in total. The first-order valence-electron chi connectivity index (χ1n) is 25.7. The molecule has 0 saturated carbocycles. The van der Waals surface area contributed by atoms with Gasteiger partial charge in [-0.2, -0.15) is 0 Å². The highest BCUT2D eigenvalue weighted by Crippen LogP contribution is 2.58. The Hall–Kier alpha value is -9.58. The van der Waals surface area contributed by atoms with Crippen molar-refractivity contribution in [2.75, 3.05) is 4.90 Å². The topological polar surface area (TPSA) is 23.0 Å². The lowest BCUT2D eigenvalue weighted by Crippen LogP contribution is -2.31. The summed E-state index contributed by atoms with van der Waals surface area (Å²) < 4.78 is 9.81. The van der Waals surface area contributed by atoms with Gasteiger partial charge >= 0.3 is 0 Å². The second-order valence-electron chi connectivity index (χ2n) is 20.5. The molecule has 15 aromatic rings. The molecule has 16 rings (SSSR count). The normalized spacial score (nSPS) is 13.4. The summed E-state index contributed by atoms with van der Waals surface area (Å²) in [5.74, 6) is 0. The maximum Gasteiger partial charge on any atom is 0.0602 e. The van der Waals surface area contributed by atoms with E-state index in [1.54, 1.807) is 0 Å². The highest BCUT2D eigenvalue weighted by molar-refractivity contribution is 6.21. The summed E-state index contributed by atoms with van der Waals surface area (Å²) in [4.78, 5) is 2.57. The summed E-state index contributed by atoms with van der Waals surface area (Å²) in [6.07, 6.45) is 0. The molecule has 0 fully saturated rings. The largest absolute Gasteiger partial charge is 0.309 e. The standard InChI is InChI=1S/C69H47N5/c1-69(2)55-38-39-63-66(54-31-11-17-37-61(54)73(63)48-25-19-23-46(43-48)71-58-34-14-8-28-51(58)52-29-9-15-35-59(52)71)68(55)74(44-20-4-3-5-21-44)64-41-40-62-65(67(64)69)53-30-10-16-36-60(53)72(62)47-24-18-22-45(42-47)70-56-32-12-6-26-49(56)50-27-7-13-33-57(50)70/h3-43H,1-2H3. The van der Waals surface area contributed by atoms with E-state index in [1.807, 2.05) is 0 Å². The Morgan fingerprint density at radius 2 is 0.608 bits per heavy atom. The number of anilines is 3. The molecule has 0 atom stereocenters.